The molecular weight excluding hydrogens is 263 g/mol. The first-order valence-electron chi connectivity index (χ1n) is 6.15. The van der Waals surface area contributed by atoms with Crippen LogP contribution in [-0.4, -0.2) is 21.3 Å². The molecule has 0 radical (unpaired) electrons. The molecular formula is C13H17FN4S. The molecule has 1 aromatic heterocycles. The first-order chi connectivity index (χ1) is 9.13. The van der Waals surface area contributed by atoms with Crippen LogP contribution in [0.3, 0.4) is 0 Å². The summed E-state index contributed by atoms with van der Waals surface area (Å²) < 4.78 is 15.9. The highest BCUT2D eigenvalue weighted by Gasteiger charge is 2.14. The quantitative estimate of drug-likeness (QED) is 0.914. The SMILES string of the molecule is CCNCc1cccc(F)c1Sc1nnc(C)n1C. The lowest BCUT2D eigenvalue weighted by Gasteiger charge is -2.10. The van der Waals surface area contributed by atoms with Crippen molar-refractivity contribution in [3.63, 3.8) is 0 Å². The van der Waals surface area contributed by atoms with Crippen LogP contribution >= 0.6 is 11.8 Å². The van der Waals surface area contributed by atoms with E-state index >= 15 is 0 Å². The van der Waals surface area contributed by atoms with Crippen molar-refractivity contribution in [3.05, 3.63) is 35.4 Å². The zero-order valence-corrected chi connectivity index (χ0v) is 12.1. The molecule has 1 aromatic carbocycles. The number of nitrogens with one attached hydrogen (secondary N) is 1. The summed E-state index contributed by atoms with van der Waals surface area (Å²) in [5.41, 5.74) is 0.938. The van der Waals surface area contributed by atoms with Crippen molar-refractivity contribution in [1.82, 2.24) is 20.1 Å². The number of nitrogens with zero attached hydrogens (tertiary/aromatic N) is 3. The van der Waals surface area contributed by atoms with E-state index in [1.807, 2.05) is 31.5 Å². The molecule has 1 heterocycles. The van der Waals surface area contributed by atoms with Crippen LogP contribution in [0.15, 0.2) is 28.3 Å². The van der Waals surface area contributed by atoms with Crippen LogP contribution in [0.25, 0.3) is 0 Å². The number of rotatable bonds is 5. The Morgan fingerprint density at radius 1 is 1.37 bits per heavy atom. The van der Waals surface area contributed by atoms with Crippen LogP contribution in [0.5, 0.6) is 0 Å². The molecule has 2 rings (SSSR count). The Kier molecular flexibility index (Phi) is 4.55. The molecule has 0 atom stereocenters. The maximum atomic E-state index is 14.0. The fraction of sp³-hybridized carbons (Fsp3) is 0.385. The van der Waals surface area contributed by atoms with Gasteiger partial charge in [-0.15, -0.1) is 10.2 Å². The van der Waals surface area contributed by atoms with Gasteiger partial charge in [-0.05, 0) is 36.9 Å². The Balaban J connectivity index is 2.30. The number of halogens is 1. The van der Waals surface area contributed by atoms with Crippen LogP contribution in [0.4, 0.5) is 4.39 Å². The lowest BCUT2D eigenvalue weighted by Crippen LogP contribution is -2.12. The van der Waals surface area contributed by atoms with Crippen LogP contribution in [-0.2, 0) is 13.6 Å². The van der Waals surface area contributed by atoms with Gasteiger partial charge in [0.05, 0.1) is 4.90 Å². The van der Waals surface area contributed by atoms with E-state index in [0.717, 1.165) is 17.9 Å². The molecule has 0 amide bonds. The van der Waals surface area contributed by atoms with Gasteiger partial charge in [-0.1, -0.05) is 19.1 Å². The fourth-order valence-corrected chi connectivity index (χ4v) is 2.60. The molecule has 0 bridgehead atoms. The molecule has 1 N–H and O–H groups in total. The van der Waals surface area contributed by atoms with Crippen LogP contribution in [0.1, 0.15) is 18.3 Å². The standard InChI is InChI=1S/C13H17FN4S/c1-4-15-8-10-6-5-7-11(14)12(10)19-13-17-16-9(2)18(13)3/h5-7,15H,4,8H2,1-3H3. The lowest BCUT2D eigenvalue weighted by atomic mass is 10.2. The maximum absolute atomic E-state index is 14.0. The number of aromatic nitrogens is 3. The minimum Gasteiger partial charge on any atom is -0.313 e. The van der Waals surface area contributed by atoms with Gasteiger partial charge >= 0.3 is 0 Å². The Hall–Kier alpha value is -1.40. The van der Waals surface area contributed by atoms with E-state index in [0.29, 0.717) is 16.6 Å². The summed E-state index contributed by atoms with van der Waals surface area (Å²) in [6.07, 6.45) is 0. The van der Waals surface area contributed by atoms with Crippen molar-refractivity contribution in [2.24, 2.45) is 7.05 Å². The van der Waals surface area contributed by atoms with E-state index < -0.39 is 0 Å². The van der Waals surface area contributed by atoms with E-state index in [9.17, 15) is 4.39 Å². The Labute approximate surface area is 116 Å². The predicted octanol–water partition coefficient (Wildman–Crippen LogP) is 2.52. The third-order valence-corrected chi connectivity index (χ3v) is 4.06. The molecule has 0 saturated carbocycles. The van der Waals surface area contributed by atoms with E-state index in [1.54, 1.807) is 6.07 Å². The summed E-state index contributed by atoms with van der Waals surface area (Å²) in [6, 6.07) is 5.13. The number of benzene rings is 1. The van der Waals surface area contributed by atoms with Crippen LogP contribution in [0, 0.1) is 12.7 Å². The zero-order valence-electron chi connectivity index (χ0n) is 11.3. The molecule has 0 saturated heterocycles. The van der Waals surface area contributed by atoms with E-state index in [2.05, 4.69) is 15.5 Å². The van der Waals surface area contributed by atoms with Gasteiger partial charge in [0.25, 0.3) is 0 Å². The molecule has 0 aliphatic heterocycles. The second kappa shape index (κ2) is 6.16. The largest absolute Gasteiger partial charge is 0.313 e. The molecule has 6 heteroatoms. The molecule has 19 heavy (non-hydrogen) atoms. The highest BCUT2D eigenvalue weighted by atomic mass is 32.2. The second-order valence-corrected chi connectivity index (χ2v) is 5.18. The second-order valence-electron chi connectivity index (χ2n) is 4.20. The summed E-state index contributed by atoms with van der Waals surface area (Å²) in [6.45, 7) is 5.40. The molecule has 102 valence electrons. The molecule has 2 aromatic rings. The number of aryl methyl sites for hydroxylation is 1. The number of hydrogen-bond donors (Lipinski definition) is 1. The normalized spacial score (nSPS) is 10.9. The Bertz CT molecular complexity index is 568. The minimum atomic E-state index is -0.221. The van der Waals surface area contributed by atoms with Gasteiger partial charge in [0.15, 0.2) is 5.16 Å². The topological polar surface area (TPSA) is 42.7 Å². The van der Waals surface area contributed by atoms with Gasteiger partial charge in [0.1, 0.15) is 11.6 Å². The van der Waals surface area contributed by atoms with Crippen LogP contribution in [0.2, 0.25) is 0 Å². The van der Waals surface area contributed by atoms with Gasteiger partial charge in [-0.2, -0.15) is 0 Å². The van der Waals surface area contributed by atoms with Crippen LogP contribution < -0.4 is 5.32 Å². The van der Waals surface area contributed by atoms with Gasteiger partial charge in [0.2, 0.25) is 0 Å². The van der Waals surface area contributed by atoms with E-state index in [1.165, 1.54) is 17.8 Å². The number of hydrogen-bond acceptors (Lipinski definition) is 4. The minimum absolute atomic E-state index is 0.221. The van der Waals surface area contributed by atoms with E-state index in [-0.39, 0.29) is 5.82 Å². The third-order valence-electron chi connectivity index (χ3n) is 2.86. The zero-order chi connectivity index (χ0) is 13.8. The summed E-state index contributed by atoms with van der Waals surface area (Å²) in [5, 5.41) is 12.0. The summed E-state index contributed by atoms with van der Waals surface area (Å²) in [5.74, 6) is 0.591. The highest BCUT2D eigenvalue weighted by molar-refractivity contribution is 7.99. The van der Waals surface area contributed by atoms with Gasteiger partial charge in [-0.25, -0.2) is 4.39 Å². The third kappa shape index (κ3) is 3.13. The van der Waals surface area contributed by atoms with Crippen molar-refractivity contribution >= 4 is 11.8 Å². The van der Waals surface area contributed by atoms with Crippen molar-refractivity contribution in [3.8, 4) is 0 Å². The average Bonchev–Trinajstić information content (AvgIpc) is 2.71. The van der Waals surface area contributed by atoms with Gasteiger partial charge in [0, 0.05) is 13.6 Å². The summed E-state index contributed by atoms with van der Waals surface area (Å²) in [4.78, 5) is 0.610. The van der Waals surface area contributed by atoms with Crippen molar-refractivity contribution in [2.45, 2.75) is 30.4 Å². The van der Waals surface area contributed by atoms with E-state index in [4.69, 9.17) is 0 Å². The van der Waals surface area contributed by atoms with Crippen molar-refractivity contribution in [1.29, 1.82) is 0 Å². The maximum Gasteiger partial charge on any atom is 0.195 e. The first kappa shape index (κ1) is 14.0. The van der Waals surface area contributed by atoms with Gasteiger partial charge in [-0.3, -0.25) is 0 Å². The monoisotopic (exact) mass is 280 g/mol. The molecule has 0 spiro atoms. The molecule has 0 unspecified atom stereocenters. The van der Waals surface area contributed by atoms with Crippen molar-refractivity contribution in [2.75, 3.05) is 6.54 Å². The predicted molar refractivity (Wildman–Crippen MR) is 73.6 cm³/mol. The molecule has 0 aliphatic carbocycles. The smallest absolute Gasteiger partial charge is 0.195 e. The fourth-order valence-electron chi connectivity index (χ4n) is 1.63. The summed E-state index contributed by atoms with van der Waals surface area (Å²) in [7, 11) is 1.88. The molecule has 4 nitrogen and oxygen atoms in total. The average molecular weight is 280 g/mol. The molecule has 0 fully saturated rings. The first-order valence-corrected chi connectivity index (χ1v) is 6.97. The van der Waals surface area contributed by atoms with Crippen molar-refractivity contribution < 1.29 is 4.39 Å². The molecule has 0 aliphatic rings. The Morgan fingerprint density at radius 2 is 2.16 bits per heavy atom. The lowest BCUT2D eigenvalue weighted by molar-refractivity contribution is 0.590. The van der Waals surface area contributed by atoms with Gasteiger partial charge < -0.3 is 9.88 Å². The Morgan fingerprint density at radius 3 is 2.79 bits per heavy atom. The highest BCUT2D eigenvalue weighted by Crippen LogP contribution is 2.31. The summed E-state index contributed by atoms with van der Waals surface area (Å²) >= 11 is 1.31.